The predicted molar refractivity (Wildman–Crippen MR) is 94.8 cm³/mol. The first-order chi connectivity index (χ1) is 11.2. The molecule has 0 aliphatic heterocycles. The summed E-state index contributed by atoms with van der Waals surface area (Å²) in [5.41, 5.74) is 1.85. The van der Waals surface area contributed by atoms with Crippen molar-refractivity contribution in [3.63, 3.8) is 0 Å². The number of rotatable bonds is 9. The highest BCUT2D eigenvalue weighted by molar-refractivity contribution is 7.89. The third-order valence-electron chi connectivity index (χ3n) is 3.97. The van der Waals surface area contributed by atoms with E-state index >= 15 is 0 Å². The first-order valence-corrected chi connectivity index (χ1v) is 9.61. The molecule has 0 bridgehead atoms. The lowest BCUT2D eigenvalue weighted by atomic mass is 10.1. The van der Waals surface area contributed by atoms with E-state index in [4.69, 9.17) is 4.74 Å². The number of nitrogens with zero attached hydrogens (tertiary/aromatic N) is 1. The summed E-state index contributed by atoms with van der Waals surface area (Å²) in [7, 11) is -2.25. The number of nitrogens with one attached hydrogen (secondary N) is 1. The van der Waals surface area contributed by atoms with Gasteiger partial charge in [0.15, 0.2) is 0 Å². The van der Waals surface area contributed by atoms with Gasteiger partial charge in [-0.1, -0.05) is 13.3 Å². The number of carbonyl (C=O) groups excluding carboxylic acids is 1. The van der Waals surface area contributed by atoms with Crippen LogP contribution in [0.3, 0.4) is 0 Å². The molecule has 0 aromatic heterocycles. The second-order valence-corrected chi connectivity index (χ2v) is 7.58. The van der Waals surface area contributed by atoms with Crippen LogP contribution < -0.4 is 9.46 Å². The van der Waals surface area contributed by atoms with Crippen molar-refractivity contribution in [1.82, 2.24) is 9.62 Å². The van der Waals surface area contributed by atoms with Gasteiger partial charge in [0.2, 0.25) is 15.9 Å². The van der Waals surface area contributed by atoms with Crippen molar-refractivity contribution in [3.05, 3.63) is 23.3 Å². The Morgan fingerprint density at radius 3 is 2.38 bits per heavy atom. The Morgan fingerprint density at radius 2 is 1.83 bits per heavy atom. The summed E-state index contributed by atoms with van der Waals surface area (Å²) in [6, 6.07) is 3.32. The molecule has 0 aliphatic rings. The Labute approximate surface area is 145 Å². The van der Waals surface area contributed by atoms with Crippen molar-refractivity contribution in [2.75, 3.05) is 26.7 Å². The zero-order valence-electron chi connectivity index (χ0n) is 15.2. The van der Waals surface area contributed by atoms with Gasteiger partial charge in [-0.25, -0.2) is 13.1 Å². The molecule has 6 nitrogen and oxygen atoms in total. The van der Waals surface area contributed by atoms with Crippen LogP contribution in [-0.4, -0.2) is 46.0 Å². The number of methoxy groups -OCH3 is 1. The molecule has 0 spiro atoms. The second-order valence-electron chi connectivity index (χ2n) is 5.84. The summed E-state index contributed by atoms with van der Waals surface area (Å²) in [4.78, 5) is 13.4. The van der Waals surface area contributed by atoms with Gasteiger partial charge >= 0.3 is 0 Å². The summed E-state index contributed by atoms with van der Waals surface area (Å²) in [5.74, 6) is 0.270. The van der Waals surface area contributed by atoms with E-state index in [2.05, 4.69) is 4.72 Å². The highest BCUT2D eigenvalue weighted by Gasteiger charge is 2.20. The average Bonchev–Trinajstić information content (AvgIpc) is 2.52. The SMILES string of the molecule is CCCCN(CCNS(=O)(=O)c1cc(C)c(C)cc1OC)C(C)=O. The largest absolute Gasteiger partial charge is 0.495 e. The number of ether oxygens (including phenoxy) is 1. The van der Waals surface area contributed by atoms with E-state index in [9.17, 15) is 13.2 Å². The predicted octanol–water partition coefficient (Wildman–Crippen LogP) is 2.24. The van der Waals surface area contributed by atoms with E-state index in [1.165, 1.54) is 14.0 Å². The maximum absolute atomic E-state index is 12.5. The van der Waals surface area contributed by atoms with Gasteiger partial charge in [0, 0.05) is 26.6 Å². The summed E-state index contributed by atoms with van der Waals surface area (Å²) in [5, 5.41) is 0. The van der Waals surface area contributed by atoms with Gasteiger partial charge in [-0.15, -0.1) is 0 Å². The first-order valence-electron chi connectivity index (χ1n) is 8.13. The zero-order chi connectivity index (χ0) is 18.3. The number of sulfonamides is 1. The zero-order valence-corrected chi connectivity index (χ0v) is 16.0. The van der Waals surface area contributed by atoms with E-state index in [1.807, 2.05) is 20.8 Å². The highest BCUT2D eigenvalue weighted by Crippen LogP contribution is 2.27. The second kappa shape index (κ2) is 9.03. The van der Waals surface area contributed by atoms with Crippen LogP contribution in [-0.2, 0) is 14.8 Å². The molecule has 136 valence electrons. The van der Waals surface area contributed by atoms with Crippen molar-refractivity contribution >= 4 is 15.9 Å². The van der Waals surface area contributed by atoms with Crippen molar-refractivity contribution in [1.29, 1.82) is 0 Å². The number of amides is 1. The van der Waals surface area contributed by atoms with Crippen LogP contribution in [0.5, 0.6) is 5.75 Å². The fourth-order valence-electron chi connectivity index (χ4n) is 2.30. The third-order valence-corrected chi connectivity index (χ3v) is 5.45. The molecular weight excluding hydrogens is 328 g/mol. The van der Waals surface area contributed by atoms with Crippen LogP contribution in [0.25, 0.3) is 0 Å². The number of hydrogen-bond acceptors (Lipinski definition) is 4. The summed E-state index contributed by atoms with van der Waals surface area (Å²) in [6.07, 6.45) is 1.88. The van der Waals surface area contributed by atoms with E-state index in [0.29, 0.717) is 18.8 Å². The molecule has 0 saturated heterocycles. The molecule has 0 saturated carbocycles. The van der Waals surface area contributed by atoms with Gasteiger partial charge in [-0.3, -0.25) is 4.79 Å². The lowest BCUT2D eigenvalue weighted by Gasteiger charge is -2.21. The number of unbranched alkanes of at least 4 members (excludes halogenated alkanes) is 1. The van der Waals surface area contributed by atoms with Gasteiger partial charge < -0.3 is 9.64 Å². The maximum atomic E-state index is 12.5. The molecule has 1 aromatic carbocycles. The molecule has 0 atom stereocenters. The molecule has 1 aromatic rings. The topological polar surface area (TPSA) is 75.7 Å². The molecule has 0 heterocycles. The Hall–Kier alpha value is -1.60. The standard InChI is InChI=1S/C17H28N2O4S/c1-6-7-9-19(15(4)20)10-8-18-24(21,22)17-12-14(3)13(2)11-16(17)23-5/h11-12,18H,6-10H2,1-5H3. The Kier molecular flexibility index (Phi) is 7.69. The smallest absolute Gasteiger partial charge is 0.244 e. The molecule has 1 rings (SSSR count). The molecule has 0 unspecified atom stereocenters. The number of aryl methyl sites for hydroxylation is 2. The number of benzene rings is 1. The summed E-state index contributed by atoms with van der Waals surface area (Å²) < 4.78 is 32.9. The van der Waals surface area contributed by atoms with Gasteiger partial charge in [0.25, 0.3) is 0 Å². The molecule has 24 heavy (non-hydrogen) atoms. The minimum atomic E-state index is -3.70. The number of hydrogen-bond donors (Lipinski definition) is 1. The third kappa shape index (κ3) is 5.49. The monoisotopic (exact) mass is 356 g/mol. The first kappa shape index (κ1) is 20.4. The maximum Gasteiger partial charge on any atom is 0.244 e. The van der Waals surface area contributed by atoms with Crippen molar-refractivity contribution in [2.45, 2.75) is 45.4 Å². The lowest BCUT2D eigenvalue weighted by Crippen LogP contribution is -2.38. The Balaban J connectivity index is 2.83. The van der Waals surface area contributed by atoms with Crippen LogP contribution in [0, 0.1) is 13.8 Å². The molecule has 0 aliphatic carbocycles. The van der Waals surface area contributed by atoms with Crippen LogP contribution in [0.1, 0.15) is 37.8 Å². The Morgan fingerprint density at radius 1 is 1.21 bits per heavy atom. The van der Waals surface area contributed by atoms with Crippen LogP contribution >= 0.6 is 0 Å². The van der Waals surface area contributed by atoms with E-state index < -0.39 is 10.0 Å². The van der Waals surface area contributed by atoms with Gasteiger partial charge in [0.05, 0.1) is 7.11 Å². The molecule has 1 N–H and O–H groups in total. The van der Waals surface area contributed by atoms with E-state index in [1.54, 1.807) is 17.0 Å². The number of carbonyl (C=O) groups is 1. The Bertz CT molecular complexity index is 671. The van der Waals surface area contributed by atoms with Crippen molar-refractivity contribution in [2.24, 2.45) is 0 Å². The molecule has 0 fully saturated rings. The van der Waals surface area contributed by atoms with Crippen LogP contribution in [0.2, 0.25) is 0 Å². The molecule has 7 heteroatoms. The van der Waals surface area contributed by atoms with Gasteiger partial charge in [0.1, 0.15) is 10.6 Å². The minimum Gasteiger partial charge on any atom is -0.495 e. The molecular formula is C17H28N2O4S. The summed E-state index contributed by atoms with van der Waals surface area (Å²) in [6.45, 7) is 8.46. The van der Waals surface area contributed by atoms with Gasteiger partial charge in [-0.05, 0) is 43.5 Å². The fraction of sp³-hybridized carbons (Fsp3) is 0.588. The van der Waals surface area contributed by atoms with E-state index in [-0.39, 0.29) is 17.3 Å². The van der Waals surface area contributed by atoms with Gasteiger partial charge in [-0.2, -0.15) is 0 Å². The van der Waals surface area contributed by atoms with Crippen LogP contribution in [0.15, 0.2) is 17.0 Å². The summed E-state index contributed by atoms with van der Waals surface area (Å²) >= 11 is 0. The van der Waals surface area contributed by atoms with Crippen molar-refractivity contribution < 1.29 is 17.9 Å². The molecule has 1 amide bonds. The van der Waals surface area contributed by atoms with Crippen molar-refractivity contribution in [3.8, 4) is 5.75 Å². The fourth-order valence-corrected chi connectivity index (χ4v) is 3.56. The normalized spacial score (nSPS) is 11.4. The van der Waals surface area contributed by atoms with Crippen LogP contribution in [0.4, 0.5) is 0 Å². The minimum absolute atomic E-state index is 0.0496. The molecule has 0 radical (unpaired) electrons. The lowest BCUT2D eigenvalue weighted by molar-refractivity contribution is -0.128. The highest BCUT2D eigenvalue weighted by atomic mass is 32.2. The van der Waals surface area contributed by atoms with E-state index in [0.717, 1.165) is 24.0 Å². The quantitative estimate of drug-likeness (QED) is 0.736. The average molecular weight is 356 g/mol.